The van der Waals surface area contributed by atoms with E-state index in [1.807, 2.05) is 14.1 Å². The number of hydrogen-bond acceptors (Lipinski definition) is 3. The lowest BCUT2D eigenvalue weighted by molar-refractivity contribution is 0.00701. The summed E-state index contributed by atoms with van der Waals surface area (Å²) in [6.07, 6.45) is 5.77. The second kappa shape index (κ2) is 8.16. The van der Waals surface area contributed by atoms with Gasteiger partial charge in [-0.25, -0.2) is 4.79 Å². The van der Waals surface area contributed by atoms with Gasteiger partial charge in [-0.1, -0.05) is 40.0 Å². The third-order valence-electron chi connectivity index (χ3n) is 4.58. The van der Waals surface area contributed by atoms with Gasteiger partial charge in [-0.05, 0) is 45.3 Å². The fraction of sp³-hybridized carbons (Fsp3) is 0.941. The Labute approximate surface area is 135 Å². The van der Waals surface area contributed by atoms with E-state index in [0.717, 1.165) is 38.6 Å². The number of aliphatic hydroxyl groups is 1. The maximum atomic E-state index is 12.2. The molecule has 2 amide bonds. The zero-order valence-corrected chi connectivity index (χ0v) is 15.0. The number of hydrogen-bond donors (Lipinski definition) is 3. The van der Waals surface area contributed by atoms with E-state index < -0.39 is 5.60 Å². The summed E-state index contributed by atoms with van der Waals surface area (Å²) in [7, 11) is 4.08. The van der Waals surface area contributed by atoms with Crippen molar-refractivity contribution >= 4 is 6.03 Å². The first kappa shape index (κ1) is 19.2. The monoisotopic (exact) mass is 313 g/mol. The molecule has 0 heterocycles. The molecular formula is C17H35N3O2. The van der Waals surface area contributed by atoms with Crippen LogP contribution in [0.15, 0.2) is 0 Å². The molecule has 0 aliphatic heterocycles. The van der Waals surface area contributed by atoms with E-state index in [1.54, 1.807) is 0 Å². The highest BCUT2D eigenvalue weighted by Crippen LogP contribution is 2.27. The van der Waals surface area contributed by atoms with Crippen molar-refractivity contribution in [2.45, 2.75) is 70.9 Å². The molecule has 0 radical (unpaired) electrons. The lowest BCUT2D eigenvalue weighted by Gasteiger charge is -2.34. The second-order valence-electron chi connectivity index (χ2n) is 8.12. The van der Waals surface area contributed by atoms with Crippen molar-refractivity contribution in [1.82, 2.24) is 15.5 Å². The topological polar surface area (TPSA) is 64.6 Å². The summed E-state index contributed by atoms with van der Waals surface area (Å²) >= 11 is 0. The van der Waals surface area contributed by atoms with E-state index in [-0.39, 0.29) is 17.5 Å². The molecule has 1 aliphatic carbocycles. The third-order valence-corrected chi connectivity index (χ3v) is 4.58. The van der Waals surface area contributed by atoms with E-state index in [9.17, 15) is 9.90 Å². The molecule has 5 nitrogen and oxygen atoms in total. The van der Waals surface area contributed by atoms with Crippen molar-refractivity contribution in [3.8, 4) is 0 Å². The predicted octanol–water partition coefficient (Wildman–Crippen LogP) is 2.35. The summed E-state index contributed by atoms with van der Waals surface area (Å²) in [5, 5.41) is 16.4. The van der Waals surface area contributed by atoms with Crippen LogP contribution in [-0.2, 0) is 0 Å². The lowest BCUT2D eigenvalue weighted by Crippen LogP contribution is -2.52. The third kappa shape index (κ3) is 6.97. The molecule has 1 fully saturated rings. The standard InChI is InChI=1S/C17H35N3O2/c1-16(2,3)14(9-12-20(4)5)19-15(21)18-13-17(22)10-7-6-8-11-17/h14,22H,6-13H2,1-5H3,(H2,18,19,21). The normalized spacial score (nSPS) is 19.8. The highest BCUT2D eigenvalue weighted by Gasteiger charge is 2.30. The molecule has 0 spiro atoms. The van der Waals surface area contributed by atoms with Gasteiger partial charge in [0.1, 0.15) is 0 Å². The molecule has 0 aromatic heterocycles. The predicted molar refractivity (Wildman–Crippen MR) is 91.0 cm³/mol. The van der Waals surface area contributed by atoms with E-state index in [4.69, 9.17) is 0 Å². The number of nitrogens with zero attached hydrogens (tertiary/aromatic N) is 1. The minimum absolute atomic E-state index is 0.00902. The Morgan fingerprint density at radius 2 is 1.82 bits per heavy atom. The molecule has 1 saturated carbocycles. The fourth-order valence-electron chi connectivity index (χ4n) is 2.95. The quantitative estimate of drug-likeness (QED) is 0.705. The van der Waals surface area contributed by atoms with Gasteiger partial charge in [0.2, 0.25) is 0 Å². The molecule has 0 aromatic rings. The maximum Gasteiger partial charge on any atom is 0.315 e. The minimum atomic E-state index is -0.712. The van der Waals surface area contributed by atoms with E-state index in [2.05, 4.69) is 36.3 Å². The van der Waals surface area contributed by atoms with Gasteiger partial charge < -0.3 is 20.6 Å². The average molecular weight is 313 g/mol. The molecule has 22 heavy (non-hydrogen) atoms. The van der Waals surface area contributed by atoms with Crippen molar-refractivity contribution in [1.29, 1.82) is 0 Å². The van der Waals surface area contributed by atoms with Crippen LogP contribution in [-0.4, -0.2) is 54.9 Å². The Kier molecular flexibility index (Phi) is 7.13. The highest BCUT2D eigenvalue weighted by atomic mass is 16.3. The Morgan fingerprint density at radius 1 is 1.23 bits per heavy atom. The van der Waals surface area contributed by atoms with Gasteiger partial charge in [0.05, 0.1) is 5.60 Å². The number of carbonyl (C=O) groups excluding carboxylic acids is 1. The summed E-state index contributed by atoms with van der Waals surface area (Å²) in [5.74, 6) is 0. The number of amides is 2. The van der Waals surface area contributed by atoms with Gasteiger partial charge >= 0.3 is 6.03 Å². The molecule has 1 aliphatic rings. The summed E-state index contributed by atoms with van der Waals surface area (Å²) in [5.41, 5.74) is -0.703. The molecular weight excluding hydrogens is 278 g/mol. The van der Waals surface area contributed by atoms with Crippen LogP contribution in [0.5, 0.6) is 0 Å². The molecule has 0 aromatic carbocycles. The van der Waals surface area contributed by atoms with Crippen LogP contribution in [0.2, 0.25) is 0 Å². The molecule has 1 rings (SSSR count). The molecule has 130 valence electrons. The number of carbonyl (C=O) groups is 1. The molecule has 1 unspecified atom stereocenters. The van der Waals surface area contributed by atoms with Crippen molar-refractivity contribution in [3.05, 3.63) is 0 Å². The maximum absolute atomic E-state index is 12.2. The molecule has 0 saturated heterocycles. The summed E-state index contributed by atoms with van der Waals surface area (Å²) in [4.78, 5) is 14.3. The number of urea groups is 1. The fourth-order valence-corrected chi connectivity index (χ4v) is 2.95. The van der Waals surface area contributed by atoms with Crippen LogP contribution < -0.4 is 10.6 Å². The minimum Gasteiger partial charge on any atom is -0.388 e. The van der Waals surface area contributed by atoms with E-state index in [1.165, 1.54) is 6.42 Å². The Balaban J connectivity index is 2.45. The van der Waals surface area contributed by atoms with Crippen LogP contribution in [0.25, 0.3) is 0 Å². The molecule has 1 atom stereocenters. The smallest absolute Gasteiger partial charge is 0.315 e. The van der Waals surface area contributed by atoms with Gasteiger partial charge in [-0.3, -0.25) is 0 Å². The van der Waals surface area contributed by atoms with Gasteiger partial charge in [0.25, 0.3) is 0 Å². The van der Waals surface area contributed by atoms with Crippen molar-refractivity contribution < 1.29 is 9.90 Å². The van der Waals surface area contributed by atoms with E-state index in [0.29, 0.717) is 6.54 Å². The Bertz CT molecular complexity index is 344. The van der Waals surface area contributed by atoms with Crippen LogP contribution >= 0.6 is 0 Å². The van der Waals surface area contributed by atoms with Crippen molar-refractivity contribution in [2.75, 3.05) is 27.2 Å². The average Bonchev–Trinajstić information content (AvgIpc) is 2.40. The summed E-state index contributed by atoms with van der Waals surface area (Å²) < 4.78 is 0. The summed E-state index contributed by atoms with van der Waals surface area (Å²) in [6.45, 7) is 7.71. The van der Waals surface area contributed by atoms with Crippen molar-refractivity contribution in [2.24, 2.45) is 5.41 Å². The first-order valence-corrected chi connectivity index (χ1v) is 8.54. The van der Waals surface area contributed by atoms with Crippen LogP contribution in [0.4, 0.5) is 4.79 Å². The Hall–Kier alpha value is -0.810. The molecule has 5 heteroatoms. The van der Waals surface area contributed by atoms with Gasteiger partial charge in [0.15, 0.2) is 0 Å². The van der Waals surface area contributed by atoms with Gasteiger partial charge in [0, 0.05) is 12.6 Å². The van der Waals surface area contributed by atoms with Crippen LogP contribution in [0.3, 0.4) is 0 Å². The Morgan fingerprint density at radius 3 is 2.32 bits per heavy atom. The van der Waals surface area contributed by atoms with Crippen LogP contribution in [0, 0.1) is 5.41 Å². The van der Waals surface area contributed by atoms with Crippen LogP contribution in [0.1, 0.15) is 59.3 Å². The summed E-state index contributed by atoms with van der Waals surface area (Å²) in [6, 6.07) is -0.0615. The first-order valence-electron chi connectivity index (χ1n) is 8.54. The second-order valence-corrected chi connectivity index (χ2v) is 8.12. The first-order chi connectivity index (χ1) is 10.1. The molecule has 0 bridgehead atoms. The highest BCUT2D eigenvalue weighted by molar-refractivity contribution is 5.74. The van der Waals surface area contributed by atoms with Gasteiger partial charge in [-0.2, -0.15) is 0 Å². The zero-order chi connectivity index (χ0) is 16.8. The number of nitrogens with one attached hydrogen (secondary N) is 2. The molecule has 3 N–H and O–H groups in total. The van der Waals surface area contributed by atoms with Gasteiger partial charge in [-0.15, -0.1) is 0 Å². The van der Waals surface area contributed by atoms with E-state index >= 15 is 0 Å². The SMILES string of the molecule is CN(C)CCC(NC(=O)NCC1(O)CCCCC1)C(C)(C)C. The number of rotatable bonds is 6. The lowest BCUT2D eigenvalue weighted by atomic mass is 9.84. The largest absolute Gasteiger partial charge is 0.388 e. The van der Waals surface area contributed by atoms with Crippen molar-refractivity contribution in [3.63, 3.8) is 0 Å². The zero-order valence-electron chi connectivity index (χ0n) is 15.0.